The van der Waals surface area contributed by atoms with Crippen molar-refractivity contribution in [3.8, 4) is 0 Å². The molecule has 6 nitrogen and oxygen atoms in total. The zero-order chi connectivity index (χ0) is 14.8. The Kier molecular flexibility index (Phi) is 3.94. The molecule has 0 radical (unpaired) electrons. The van der Waals surface area contributed by atoms with Gasteiger partial charge in [0.05, 0.1) is 5.92 Å². The van der Waals surface area contributed by atoms with E-state index < -0.39 is 5.97 Å². The maximum atomic E-state index is 12.3. The number of carbonyl (C=O) groups is 2. The van der Waals surface area contributed by atoms with E-state index in [0.717, 1.165) is 43.4 Å². The van der Waals surface area contributed by atoms with Crippen LogP contribution in [0.3, 0.4) is 0 Å². The van der Waals surface area contributed by atoms with Crippen molar-refractivity contribution >= 4 is 11.9 Å². The van der Waals surface area contributed by atoms with Gasteiger partial charge in [-0.3, -0.25) is 9.59 Å². The monoisotopic (exact) mass is 292 g/mol. The van der Waals surface area contributed by atoms with Crippen LogP contribution < -0.4 is 5.32 Å². The topological polar surface area (TPSA) is 92.4 Å². The van der Waals surface area contributed by atoms with Crippen LogP contribution in [0.1, 0.15) is 60.3 Å². The predicted molar refractivity (Wildman–Crippen MR) is 74.0 cm³/mol. The van der Waals surface area contributed by atoms with Crippen molar-refractivity contribution in [3.63, 3.8) is 0 Å². The van der Waals surface area contributed by atoms with Crippen LogP contribution in [-0.2, 0) is 17.6 Å². The van der Waals surface area contributed by atoms with E-state index in [1.54, 1.807) is 0 Å². The molecule has 1 fully saturated rings. The van der Waals surface area contributed by atoms with Crippen LogP contribution in [0.15, 0.2) is 4.52 Å². The Bertz CT molecular complexity index is 552. The fourth-order valence-corrected chi connectivity index (χ4v) is 3.33. The third-order valence-corrected chi connectivity index (χ3v) is 4.53. The first-order valence-corrected chi connectivity index (χ1v) is 7.66. The highest BCUT2D eigenvalue weighted by molar-refractivity contribution is 5.94. The average molecular weight is 292 g/mol. The Morgan fingerprint density at radius 1 is 1.19 bits per heavy atom. The van der Waals surface area contributed by atoms with Crippen molar-refractivity contribution in [2.75, 3.05) is 0 Å². The van der Waals surface area contributed by atoms with Crippen molar-refractivity contribution in [2.45, 2.75) is 57.4 Å². The quantitative estimate of drug-likeness (QED) is 0.830. The lowest BCUT2D eigenvalue weighted by molar-refractivity contribution is -0.141. The highest BCUT2D eigenvalue weighted by atomic mass is 16.5. The molecule has 1 heterocycles. The molecule has 3 rings (SSSR count). The molecule has 2 N–H and O–H groups in total. The number of carboxylic acids is 1. The number of hydrogen-bond acceptors (Lipinski definition) is 4. The molecule has 0 bridgehead atoms. The number of hydrogen-bond donors (Lipinski definition) is 2. The first-order valence-electron chi connectivity index (χ1n) is 7.66. The zero-order valence-electron chi connectivity index (χ0n) is 11.9. The van der Waals surface area contributed by atoms with Crippen molar-refractivity contribution in [2.24, 2.45) is 5.92 Å². The fourth-order valence-electron chi connectivity index (χ4n) is 3.33. The Hall–Kier alpha value is -1.85. The molecular weight excluding hydrogens is 272 g/mol. The summed E-state index contributed by atoms with van der Waals surface area (Å²) in [5, 5.41) is 15.8. The van der Waals surface area contributed by atoms with Crippen LogP contribution >= 0.6 is 0 Å². The van der Waals surface area contributed by atoms with Crippen LogP contribution in [0.4, 0.5) is 0 Å². The summed E-state index contributed by atoms with van der Waals surface area (Å²) in [6, 6.07) is -0.0725. The smallest absolute Gasteiger partial charge is 0.306 e. The lowest BCUT2D eigenvalue weighted by Crippen LogP contribution is -2.34. The van der Waals surface area contributed by atoms with E-state index >= 15 is 0 Å². The lowest BCUT2D eigenvalue weighted by Gasteiger charge is -2.11. The SMILES string of the molecule is O=C(N[C@H]1CC[C@@H](C(=O)O)C1)c1noc2c1CCCCC2. The number of nitrogens with one attached hydrogen (secondary N) is 1. The Morgan fingerprint density at radius 2 is 2.00 bits per heavy atom. The van der Waals surface area contributed by atoms with E-state index in [2.05, 4.69) is 10.5 Å². The molecule has 2 atom stereocenters. The fraction of sp³-hybridized carbons (Fsp3) is 0.667. The molecule has 1 amide bonds. The molecule has 1 aromatic heterocycles. The highest BCUT2D eigenvalue weighted by Crippen LogP contribution is 2.27. The van der Waals surface area contributed by atoms with Gasteiger partial charge in [-0.25, -0.2) is 0 Å². The van der Waals surface area contributed by atoms with Gasteiger partial charge in [0.2, 0.25) is 0 Å². The molecule has 0 aliphatic heterocycles. The summed E-state index contributed by atoms with van der Waals surface area (Å²) in [6.07, 6.45) is 6.80. The van der Waals surface area contributed by atoms with Crippen LogP contribution in [0.2, 0.25) is 0 Å². The van der Waals surface area contributed by atoms with E-state index in [0.29, 0.717) is 25.0 Å². The number of rotatable bonds is 3. The number of carboxylic acid groups (broad SMARTS) is 1. The third kappa shape index (κ3) is 2.94. The number of aryl methyl sites for hydroxylation is 1. The van der Waals surface area contributed by atoms with Crippen molar-refractivity contribution in [1.29, 1.82) is 0 Å². The molecule has 1 saturated carbocycles. The second kappa shape index (κ2) is 5.87. The summed E-state index contributed by atoms with van der Waals surface area (Å²) >= 11 is 0. The lowest BCUT2D eigenvalue weighted by atomic mass is 10.1. The Balaban J connectivity index is 1.66. The molecule has 0 spiro atoms. The van der Waals surface area contributed by atoms with E-state index in [1.807, 2.05) is 0 Å². The van der Waals surface area contributed by atoms with Gasteiger partial charge in [-0.1, -0.05) is 11.6 Å². The standard InChI is InChI=1S/C15H20N2O4/c18-14(16-10-7-6-9(8-10)15(19)20)13-11-4-2-1-3-5-12(11)21-17-13/h9-10H,1-8H2,(H,16,18)(H,19,20)/t9-,10+/m1/s1. The van der Waals surface area contributed by atoms with Gasteiger partial charge in [-0.05, 0) is 38.5 Å². The van der Waals surface area contributed by atoms with Crippen LogP contribution in [0, 0.1) is 5.92 Å². The molecule has 114 valence electrons. The minimum absolute atomic E-state index is 0.0725. The van der Waals surface area contributed by atoms with Gasteiger partial charge in [-0.15, -0.1) is 0 Å². The molecule has 6 heteroatoms. The number of nitrogens with zero attached hydrogens (tertiary/aromatic N) is 1. The number of aromatic nitrogens is 1. The predicted octanol–water partition coefficient (Wildman–Crippen LogP) is 1.93. The van der Waals surface area contributed by atoms with E-state index in [9.17, 15) is 9.59 Å². The molecule has 1 aromatic rings. The molecule has 2 aliphatic rings. The largest absolute Gasteiger partial charge is 0.481 e. The number of fused-ring (bicyclic) bond motifs is 1. The van der Waals surface area contributed by atoms with Gasteiger partial charge in [0.25, 0.3) is 5.91 Å². The van der Waals surface area contributed by atoms with Gasteiger partial charge in [0.15, 0.2) is 5.69 Å². The third-order valence-electron chi connectivity index (χ3n) is 4.53. The molecule has 0 unspecified atom stereocenters. The Labute approximate surface area is 122 Å². The van der Waals surface area contributed by atoms with E-state index in [1.165, 1.54) is 0 Å². The van der Waals surface area contributed by atoms with Crippen molar-refractivity contribution in [1.82, 2.24) is 10.5 Å². The van der Waals surface area contributed by atoms with Crippen molar-refractivity contribution in [3.05, 3.63) is 17.0 Å². The summed E-state index contributed by atoms with van der Waals surface area (Å²) < 4.78 is 5.31. The highest BCUT2D eigenvalue weighted by Gasteiger charge is 2.32. The van der Waals surface area contributed by atoms with E-state index in [4.69, 9.17) is 9.63 Å². The Morgan fingerprint density at radius 3 is 2.76 bits per heavy atom. The summed E-state index contributed by atoms with van der Waals surface area (Å²) in [5.41, 5.74) is 1.34. The van der Waals surface area contributed by atoms with Gasteiger partial charge < -0.3 is 14.9 Å². The van der Waals surface area contributed by atoms with Crippen LogP contribution in [0.5, 0.6) is 0 Å². The van der Waals surface area contributed by atoms with Gasteiger partial charge >= 0.3 is 5.97 Å². The maximum Gasteiger partial charge on any atom is 0.306 e. The summed E-state index contributed by atoms with van der Waals surface area (Å²) in [4.78, 5) is 23.3. The molecular formula is C15H20N2O4. The maximum absolute atomic E-state index is 12.3. The molecule has 0 aromatic carbocycles. The first kappa shape index (κ1) is 14.1. The zero-order valence-corrected chi connectivity index (χ0v) is 11.9. The van der Waals surface area contributed by atoms with E-state index in [-0.39, 0.29) is 17.9 Å². The molecule has 0 saturated heterocycles. The summed E-state index contributed by atoms with van der Waals surface area (Å²) in [5.74, 6) is -0.503. The minimum atomic E-state index is -0.776. The first-order chi connectivity index (χ1) is 10.1. The minimum Gasteiger partial charge on any atom is -0.481 e. The van der Waals surface area contributed by atoms with Crippen molar-refractivity contribution < 1.29 is 19.2 Å². The number of carbonyl (C=O) groups excluding carboxylic acids is 1. The normalized spacial score (nSPS) is 25.1. The summed E-state index contributed by atoms with van der Waals surface area (Å²) in [6.45, 7) is 0. The summed E-state index contributed by atoms with van der Waals surface area (Å²) in [7, 11) is 0. The second-order valence-corrected chi connectivity index (χ2v) is 6.01. The molecule has 2 aliphatic carbocycles. The number of amides is 1. The van der Waals surface area contributed by atoms with Gasteiger partial charge in [0, 0.05) is 18.0 Å². The van der Waals surface area contributed by atoms with Gasteiger partial charge in [0.1, 0.15) is 5.76 Å². The molecule has 21 heavy (non-hydrogen) atoms. The second-order valence-electron chi connectivity index (χ2n) is 6.01. The average Bonchev–Trinajstić information content (AvgIpc) is 3.01. The van der Waals surface area contributed by atoms with Crippen LogP contribution in [-0.4, -0.2) is 28.2 Å². The van der Waals surface area contributed by atoms with Gasteiger partial charge in [-0.2, -0.15) is 0 Å². The number of aliphatic carboxylic acids is 1. The van der Waals surface area contributed by atoms with Crippen LogP contribution in [0.25, 0.3) is 0 Å².